The molecule has 1 N–H and O–H groups in total. The highest BCUT2D eigenvalue weighted by Crippen LogP contribution is 2.50. The largest absolute Gasteiger partial charge is 0.265 e. The van der Waals surface area contributed by atoms with E-state index in [1.807, 2.05) is 18.2 Å². The zero-order valence-corrected chi connectivity index (χ0v) is 18.4. The predicted molar refractivity (Wildman–Crippen MR) is 115 cm³/mol. The van der Waals surface area contributed by atoms with Gasteiger partial charge in [-0.25, -0.2) is 21.7 Å². The molecule has 0 saturated heterocycles. The third-order valence-electron chi connectivity index (χ3n) is 6.25. The summed E-state index contributed by atoms with van der Waals surface area (Å²) >= 11 is 0. The monoisotopic (exact) mass is 433 g/mol. The SMILES string of the molecule is CN(C)S(=N)(=O)c1ccc(S(=O)(=O)N2CC3(CCCCC3)c3ccccc32)cc1. The Labute approximate surface area is 173 Å². The fourth-order valence-corrected chi connectivity index (χ4v) is 7.09. The molecule has 1 aliphatic heterocycles. The van der Waals surface area contributed by atoms with Gasteiger partial charge in [0.25, 0.3) is 10.0 Å². The van der Waals surface area contributed by atoms with E-state index in [1.165, 1.54) is 35.0 Å². The van der Waals surface area contributed by atoms with Crippen LogP contribution in [-0.4, -0.2) is 37.6 Å². The van der Waals surface area contributed by atoms with Crippen molar-refractivity contribution in [2.45, 2.75) is 47.3 Å². The highest BCUT2D eigenvalue weighted by molar-refractivity contribution is 7.93. The van der Waals surface area contributed by atoms with Crippen LogP contribution in [0.25, 0.3) is 0 Å². The van der Waals surface area contributed by atoms with Crippen LogP contribution in [0.4, 0.5) is 5.69 Å². The lowest BCUT2D eigenvalue weighted by atomic mass is 9.71. The van der Waals surface area contributed by atoms with Crippen LogP contribution in [0.1, 0.15) is 37.7 Å². The minimum Gasteiger partial charge on any atom is -0.265 e. The summed E-state index contributed by atoms with van der Waals surface area (Å²) in [5.74, 6) is 0. The van der Waals surface area contributed by atoms with E-state index in [0.29, 0.717) is 11.4 Å². The molecule has 2 aliphatic rings. The first kappa shape index (κ1) is 20.4. The van der Waals surface area contributed by atoms with Crippen LogP contribution >= 0.6 is 0 Å². The van der Waals surface area contributed by atoms with Crippen molar-refractivity contribution in [2.75, 3.05) is 24.9 Å². The fraction of sp³-hybridized carbons (Fsp3) is 0.429. The number of hydrogen-bond donors (Lipinski definition) is 1. The van der Waals surface area contributed by atoms with Gasteiger partial charge in [-0.2, -0.15) is 0 Å². The zero-order valence-electron chi connectivity index (χ0n) is 16.8. The average molecular weight is 434 g/mol. The molecule has 2 aromatic rings. The molecule has 0 bridgehead atoms. The van der Waals surface area contributed by atoms with Crippen molar-refractivity contribution in [2.24, 2.45) is 0 Å². The molecule has 2 aromatic carbocycles. The Morgan fingerprint density at radius 1 is 0.897 bits per heavy atom. The van der Waals surface area contributed by atoms with Crippen molar-refractivity contribution in [3.05, 3.63) is 54.1 Å². The third kappa shape index (κ3) is 3.27. The topological polar surface area (TPSA) is 81.5 Å². The zero-order chi connectivity index (χ0) is 20.9. The van der Waals surface area contributed by atoms with Crippen molar-refractivity contribution in [1.29, 1.82) is 4.78 Å². The van der Waals surface area contributed by atoms with Crippen LogP contribution in [0.15, 0.2) is 58.3 Å². The number of sulfonamides is 1. The quantitative estimate of drug-likeness (QED) is 0.792. The third-order valence-corrected chi connectivity index (χ3v) is 9.96. The van der Waals surface area contributed by atoms with E-state index < -0.39 is 19.9 Å². The fourth-order valence-electron chi connectivity index (χ4n) is 4.59. The lowest BCUT2D eigenvalue weighted by Gasteiger charge is -2.34. The van der Waals surface area contributed by atoms with E-state index >= 15 is 0 Å². The molecule has 0 amide bonds. The van der Waals surface area contributed by atoms with Gasteiger partial charge in [-0.15, -0.1) is 0 Å². The second kappa shape index (κ2) is 7.11. The molecule has 156 valence electrons. The van der Waals surface area contributed by atoms with Gasteiger partial charge in [-0.05, 0) is 48.7 Å². The normalized spacial score (nSPS) is 20.6. The number of anilines is 1. The molecule has 1 aliphatic carbocycles. The number of rotatable bonds is 4. The Kier molecular flexibility index (Phi) is 4.99. The maximum atomic E-state index is 13.5. The Morgan fingerprint density at radius 3 is 2.10 bits per heavy atom. The summed E-state index contributed by atoms with van der Waals surface area (Å²) in [6.45, 7) is 0.476. The smallest absolute Gasteiger partial charge is 0.264 e. The molecule has 0 radical (unpaired) electrons. The average Bonchev–Trinajstić information content (AvgIpc) is 3.03. The summed E-state index contributed by atoms with van der Waals surface area (Å²) in [7, 11) is -3.70. The van der Waals surface area contributed by atoms with Gasteiger partial charge in [0, 0.05) is 26.1 Å². The van der Waals surface area contributed by atoms with Gasteiger partial charge in [0.05, 0.1) is 15.5 Å². The van der Waals surface area contributed by atoms with Gasteiger partial charge in [-0.3, -0.25) is 4.31 Å². The minimum atomic E-state index is -3.74. The van der Waals surface area contributed by atoms with Gasteiger partial charge >= 0.3 is 0 Å². The van der Waals surface area contributed by atoms with Crippen LogP contribution in [0.3, 0.4) is 0 Å². The van der Waals surface area contributed by atoms with Crippen molar-refractivity contribution in [3.63, 3.8) is 0 Å². The summed E-state index contributed by atoms with van der Waals surface area (Å²) in [6.07, 6.45) is 5.48. The molecular formula is C21H27N3O3S2. The molecule has 4 rings (SSSR count). The van der Waals surface area contributed by atoms with E-state index in [4.69, 9.17) is 4.78 Å². The van der Waals surface area contributed by atoms with E-state index in [9.17, 15) is 12.6 Å². The van der Waals surface area contributed by atoms with Crippen LogP contribution < -0.4 is 4.31 Å². The predicted octanol–water partition coefficient (Wildman–Crippen LogP) is 3.98. The molecule has 8 heteroatoms. The summed E-state index contributed by atoms with van der Waals surface area (Å²) in [5, 5.41) is 0. The van der Waals surface area contributed by atoms with Crippen molar-refractivity contribution in [1.82, 2.24) is 4.31 Å². The molecule has 6 nitrogen and oxygen atoms in total. The van der Waals surface area contributed by atoms with Gasteiger partial charge in [0.2, 0.25) is 0 Å². The maximum Gasteiger partial charge on any atom is 0.264 e. The van der Waals surface area contributed by atoms with Crippen molar-refractivity contribution in [3.8, 4) is 0 Å². The van der Waals surface area contributed by atoms with Crippen molar-refractivity contribution >= 4 is 25.6 Å². The Bertz CT molecular complexity index is 1120. The summed E-state index contributed by atoms with van der Waals surface area (Å²) in [4.78, 5) is 0.463. The van der Waals surface area contributed by atoms with Gasteiger partial charge in [-0.1, -0.05) is 37.5 Å². The standard InChI is InChI=1S/C21H27N3O3S2/c1-23(2)28(22,25)17-10-12-18(13-11-17)29(26,27)24-16-21(14-6-3-7-15-21)19-8-4-5-9-20(19)24/h4-5,8-13,22H,3,6-7,14-16H2,1-2H3. The summed E-state index contributed by atoms with van der Waals surface area (Å²) in [5.41, 5.74) is 1.82. The van der Waals surface area contributed by atoms with Crippen LogP contribution in [-0.2, 0) is 25.4 Å². The Hall–Kier alpha value is -1.90. The maximum absolute atomic E-state index is 13.5. The van der Waals surface area contributed by atoms with Crippen LogP contribution in [0, 0.1) is 4.78 Å². The molecular weight excluding hydrogens is 406 g/mol. The molecule has 1 heterocycles. The number of para-hydroxylation sites is 1. The van der Waals surface area contributed by atoms with Crippen molar-refractivity contribution < 1.29 is 12.6 Å². The van der Waals surface area contributed by atoms with E-state index in [2.05, 4.69) is 6.07 Å². The van der Waals surface area contributed by atoms with Crippen LogP contribution in [0.5, 0.6) is 0 Å². The lowest BCUT2D eigenvalue weighted by Crippen LogP contribution is -2.38. The molecule has 1 atom stereocenters. The molecule has 1 unspecified atom stereocenters. The number of hydrogen-bond acceptors (Lipinski definition) is 4. The first-order chi connectivity index (χ1) is 13.7. The number of nitrogens with one attached hydrogen (secondary N) is 1. The van der Waals surface area contributed by atoms with Gasteiger partial charge in [0.1, 0.15) is 9.92 Å². The minimum absolute atomic E-state index is 0.0950. The number of nitrogens with zero attached hydrogens (tertiary/aromatic N) is 2. The number of fused-ring (bicyclic) bond motifs is 2. The van der Waals surface area contributed by atoms with E-state index in [0.717, 1.165) is 36.9 Å². The van der Waals surface area contributed by atoms with E-state index in [-0.39, 0.29) is 10.3 Å². The second-order valence-corrected chi connectivity index (χ2v) is 12.3. The molecule has 0 aromatic heterocycles. The summed E-state index contributed by atoms with van der Waals surface area (Å²) in [6, 6.07) is 13.8. The highest BCUT2D eigenvalue weighted by Gasteiger charge is 2.46. The molecule has 1 spiro atoms. The Morgan fingerprint density at radius 2 is 1.48 bits per heavy atom. The molecule has 29 heavy (non-hydrogen) atoms. The second-order valence-electron chi connectivity index (χ2n) is 8.18. The first-order valence-electron chi connectivity index (χ1n) is 9.87. The Balaban J connectivity index is 1.73. The molecule has 1 fully saturated rings. The van der Waals surface area contributed by atoms with E-state index in [1.54, 1.807) is 18.4 Å². The lowest BCUT2D eigenvalue weighted by molar-refractivity contribution is 0.315. The van der Waals surface area contributed by atoms with Gasteiger partial charge in [0.15, 0.2) is 0 Å². The molecule has 1 saturated carbocycles. The first-order valence-corrected chi connectivity index (χ1v) is 12.8. The number of benzene rings is 2. The van der Waals surface area contributed by atoms with Crippen LogP contribution in [0.2, 0.25) is 0 Å². The highest BCUT2D eigenvalue weighted by atomic mass is 32.2. The van der Waals surface area contributed by atoms with Gasteiger partial charge < -0.3 is 0 Å². The summed E-state index contributed by atoms with van der Waals surface area (Å²) < 4.78 is 50.5.